The van der Waals surface area contributed by atoms with Gasteiger partial charge in [-0.3, -0.25) is 4.79 Å². The zero-order valence-corrected chi connectivity index (χ0v) is 20.3. The van der Waals surface area contributed by atoms with Crippen molar-refractivity contribution in [2.24, 2.45) is 0 Å². The van der Waals surface area contributed by atoms with Gasteiger partial charge in [0.25, 0.3) is 5.91 Å². The molecule has 0 spiro atoms. The number of carbonyl (C=O) groups excluding carboxylic acids is 1. The zero-order valence-electron chi connectivity index (χ0n) is 20.3. The molecule has 0 radical (unpaired) electrons. The maximum Gasteiger partial charge on any atom is 0.255 e. The monoisotopic (exact) mass is 477 g/mol. The van der Waals surface area contributed by atoms with Gasteiger partial charge in [-0.25, -0.2) is 9.67 Å². The predicted molar refractivity (Wildman–Crippen MR) is 139 cm³/mol. The SMILES string of the molecule is COc1cccc(-c2nn(-c3ccc(C)cc3)cc2C(=O)NCc2ccc(Cn3ccnc3)cc2)c1. The first-order valence-electron chi connectivity index (χ1n) is 11.7. The second-order valence-corrected chi connectivity index (χ2v) is 8.64. The summed E-state index contributed by atoms with van der Waals surface area (Å²) in [5.74, 6) is 0.521. The normalized spacial score (nSPS) is 10.8. The number of benzene rings is 3. The number of imidazole rings is 1. The number of amides is 1. The van der Waals surface area contributed by atoms with Gasteiger partial charge in [-0.2, -0.15) is 5.10 Å². The maximum atomic E-state index is 13.3. The van der Waals surface area contributed by atoms with Crippen LogP contribution in [0, 0.1) is 6.92 Å². The van der Waals surface area contributed by atoms with Crippen LogP contribution in [0.2, 0.25) is 0 Å². The fourth-order valence-electron chi connectivity index (χ4n) is 3.98. The van der Waals surface area contributed by atoms with Crippen molar-refractivity contribution < 1.29 is 9.53 Å². The van der Waals surface area contributed by atoms with E-state index < -0.39 is 0 Å². The Balaban J connectivity index is 1.37. The molecule has 36 heavy (non-hydrogen) atoms. The molecule has 0 unspecified atom stereocenters. The van der Waals surface area contributed by atoms with Crippen LogP contribution in [0.15, 0.2) is 97.7 Å². The van der Waals surface area contributed by atoms with Crippen molar-refractivity contribution in [2.45, 2.75) is 20.0 Å². The highest BCUT2D eigenvalue weighted by Gasteiger charge is 2.19. The number of rotatable bonds is 8. The van der Waals surface area contributed by atoms with Crippen molar-refractivity contribution in [1.82, 2.24) is 24.6 Å². The lowest BCUT2D eigenvalue weighted by molar-refractivity contribution is 0.0951. The molecular formula is C29H27N5O2. The molecule has 5 aromatic rings. The van der Waals surface area contributed by atoms with Gasteiger partial charge in [-0.15, -0.1) is 0 Å². The summed E-state index contributed by atoms with van der Waals surface area (Å²) in [6, 6.07) is 23.8. The van der Waals surface area contributed by atoms with Crippen molar-refractivity contribution in [3.05, 3.63) is 120 Å². The largest absolute Gasteiger partial charge is 0.497 e. The summed E-state index contributed by atoms with van der Waals surface area (Å²) in [6.45, 7) is 3.21. The molecule has 0 fully saturated rings. The van der Waals surface area contributed by atoms with Crippen molar-refractivity contribution in [2.75, 3.05) is 7.11 Å². The van der Waals surface area contributed by atoms with Crippen LogP contribution >= 0.6 is 0 Å². The molecule has 7 nitrogen and oxygen atoms in total. The highest BCUT2D eigenvalue weighted by molar-refractivity contribution is 6.00. The van der Waals surface area contributed by atoms with Crippen LogP contribution in [0.5, 0.6) is 5.75 Å². The maximum absolute atomic E-state index is 13.3. The third-order valence-corrected chi connectivity index (χ3v) is 6.00. The van der Waals surface area contributed by atoms with Crippen LogP contribution in [0.1, 0.15) is 27.0 Å². The van der Waals surface area contributed by atoms with Crippen molar-refractivity contribution >= 4 is 5.91 Å². The number of methoxy groups -OCH3 is 1. The summed E-state index contributed by atoms with van der Waals surface area (Å²) in [6.07, 6.45) is 7.28. The van der Waals surface area contributed by atoms with Crippen LogP contribution in [-0.2, 0) is 13.1 Å². The summed E-state index contributed by atoms with van der Waals surface area (Å²) in [5, 5.41) is 7.83. The molecule has 0 saturated carbocycles. The van der Waals surface area contributed by atoms with E-state index in [1.807, 2.05) is 78.4 Å². The number of nitrogens with zero attached hydrogens (tertiary/aromatic N) is 4. The summed E-state index contributed by atoms with van der Waals surface area (Å²) in [7, 11) is 1.62. The van der Waals surface area contributed by atoms with Crippen LogP contribution in [0.4, 0.5) is 0 Å². The molecular weight excluding hydrogens is 450 g/mol. The molecule has 2 aromatic heterocycles. The third-order valence-electron chi connectivity index (χ3n) is 6.00. The first-order valence-corrected chi connectivity index (χ1v) is 11.7. The number of ether oxygens (including phenoxy) is 1. The average molecular weight is 478 g/mol. The van der Waals surface area contributed by atoms with Gasteiger partial charge >= 0.3 is 0 Å². The molecule has 0 aliphatic heterocycles. The highest BCUT2D eigenvalue weighted by atomic mass is 16.5. The van der Waals surface area contributed by atoms with E-state index in [1.165, 1.54) is 5.56 Å². The molecule has 0 aliphatic carbocycles. The summed E-state index contributed by atoms with van der Waals surface area (Å²) >= 11 is 0. The Bertz CT molecular complexity index is 1450. The highest BCUT2D eigenvalue weighted by Crippen LogP contribution is 2.27. The van der Waals surface area contributed by atoms with Crippen LogP contribution in [0.3, 0.4) is 0 Å². The Morgan fingerprint density at radius 3 is 2.50 bits per heavy atom. The van der Waals surface area contributed by atoms with E-state index in [1.54, 1.807) is 30.5 Å². The van der Waals surface area contributed by atoms with E-state index in [0.29, 0.717) is 23.6 Å². The predicted octanol–water partition coefficient (Wildman–Crippen LogP) is 5.03. The number of carbonyl (C=O) groups is 1. The minimum absolute atomic E-state index is 0.186. The fraction of sp³-hybridized carbons (Fsp3) is 0.138. The average Bonchev–Trinajstić information content (AvgIpc) is 3.59. The Hall–Kier alpha value is -4.65. The van der Waals surface area contributed by atoms with Gasteiger partial charge in [0.15, 0.2) is 0 Å². The van der Waals surface area contributed by atoms with Crippen molar-refractivity contribution in [3.8, 4) is 22.7 Å². The second kappa shape index (κ2) is 10.3. The van der Waals surface area contributed by atoms with Crippen molar-refractivity contribution in [1.29, 1.82) is 0 Å². The van der Waals surface area contributed by atoms with Crippen molar-refractivity contribution in [3.63, 3.8) is 0 Å². The van der Waals surface area contributed by atoms with Gasteiger partial charge < -0.3 is 14.6 Å². The Labute approximate surface area is 210 Å². The van der Waals surface area contributed by atoms with Gasteiger partial charge in [0.05, 0.1) is 24.7 Å². The summed E-state index contributed by atoms with van der Waals surface area (Å²) < 4.78 is 9.15. The quantitative estimate of drug-likeness (QED) is 0.340. The molecule has 0 aliphatic rings. The fourth-order valence-corrected chi connectivity index (χ4v) is 3.98. The number of hydrogen-bond donors (Lipinski definition) is 1. The molecule has 5 rings (SSSR count). The standard InChI is InChI=1S/C29H27N5O2/c1-21-6-12-25(13-7-21)34-19-27(28(32-34)24-4-3-5-26(16-24)36-2)29(35)31-17-22-8-10-23(11-9-22)18-33-15-14-30-20-33/h3-16,19-20H,17-18H2,1-2H3,(H,31,35). The molecule has 1 amide bonds. The molecule has 7 heteroatoms. The van der Waals surface area contributed by atoms with Gasteiger partial charge in [0.1, 0.15) is 11.4 Å². The molecule has 0 bridgehead atoms. The Morgan fingerprint density at radius 1 is 1.00 bits per heavy atom. The van der Waals surface area contributed by atoms with E-state index >= 15 is 0 Å². The number of aryl methyl sites for hydroxylation is 1. The van der Waals surface area contributed by atoms with Gasteiger partial charge in [-0.1, -0.05) is 54.1 Å². The van der Waals surface area contributed by atoms with Gasteiger partial charge in [-0.05, 0) is 42.3 Å². The molecule has 0 atom stereocenters. The second-order valence-electron chi connectivity index (χ2n) is 8.64. The Morgan fingerprint density at radius 2 is 1.78 bits per heavy atom. The van der Waals surface area contributed by atoms with Gasteiger partial charge in [0, 0.05) is 37.2 Å². The first-order chi connectivity index (χ1) is 17.6. The van der Waals surface area contributed by atoms with E-state index in [2.05, 4.69) is 22.4 Å². The topological polar surface area (TPSA) is 74.0 Å². The minimum atomic E-state index is -0.186. The molecule has 2 heterocycles. The molecule has 1 N–H and O–H groups in total. The lowest BCUT2D eigenvalue weighted by atomic mass is 10.1. The number of hydrogen-bond acceptors (Lipinski definition) is 4. The zero-order chi connectivity index (χ0) is 24.9. The number of aromatic nitrogens is 4. The Kier molecular flexibility index (Phi) is 6.62. The minimum Gasteiger partial charge on any atom is -0.497 e. The van der Waals surface area contributed by atoms with E-state index in [4.69, 9.17) is 9.84 Å². The first kappa shape index (κ1) is 23.1. The van der Waals surface area contributed by atoms with Crippen LogP contribution in [0.25, 0.3) is 16.9 Å². The van der Waals surface area contributed by atoms with Crippen LogP contribution < -0.4 is 10.1 Å². The molecule has 180 valence electrons. The van der Waals surface area contributed by atoms with Crippen LogP contribution in [-0.4, -0.2) is 32.3 Å². The third kappa shape index (κ3) is 5.20. The van der Waals surface area contributed by atoms with E-state index in [-0.39, 0.29) is 5.91 Å². The lowest BCUT2D eigenvalue weighted by Crippen LogP contribution is -2.23. The number of nitrogens with one attached hydrogen (secondary N) is 1. The summed E-state index contributed by atoms with van der Waals surface area (Å²) in [5.41, 5.74) is 6.15. The lowest BCUT2D eigenvalue weighted by Gasteiger charge is -2.08. The van der Waals surface area contributed by atoms with E-state index in [0.717, 1.165) is 28.9 Å². The molecule has 3 aromatic carbocycles. The molecule has 0 saturated heterocycles. The summed E-state index contributed by atoms with van der Waals surface area (Å²) in [4.78, 5) is 17.4. The van der Waals surface area contributed by atoms with E-state index in [9.17, 15) is 4.79 Å². The van der Waals surface area contributed by atoms with Gasteiger partial charge in [0.2, 0.25) is 0 Å². The smallest absolute Gasteiger partial charge is 0.255 e.